The Labute approximate surface area is 64.5 Å². The van der Waals surface area contributed by atoms with Crippen LogP contribution in [0.1, 0.15) is 27.2 Å². The Balaban J connectivity index is 3.58. The van der Waals surface area contributed by atoms with Crippen molar-refractivity contribution in [3.05, 3.63) is 12.2 Å². The molecule has 0 aromatic carbocycles. The van der Waals surface area contributed by atoms with E-state index in [0.29, 0.717) is 5.41 Å². The molecule has 0 bridgehead atoms. The van der Waals surface area contributed by atoms with Gasteiger partial charge in [0.15, 0.2) is 0 Å². The molecule has 0 unspecified atom stereocenters. The average molecular weight is 141 g/mol. The van der Waals surface area contributed by atoms with E-state index in [1.165, 1.54) is 5.57 Å². The zero-order chi connectivity index (χ0) is 8.20. The van der Waals surface area contributed by atoms with E-state index in [4.69, 9.17) is 0 Å². The number of nitrogens with one attached hydrogen (secondary N) is 1. The molecular formula is C9H19N. The molecule has 1 heteroatoms. The molecule has 0 aromatic heterocycles. The van der Waals surface area contributed by atoms with Crippen LogP contribution in [0.3, 0.4) is 0 Å². The molecule has 1 N–H and O–H groups in total. The first-order valence-corrected chi connectivity index (χ1v) is 3.77. The quantitative estimate of drug-likeness (QED) is 0.594. The van der Waals surface area contributed by atoms with Crippen molar-refractivity contribution in [3.8, 4) is 0 Å². The number of hydrogen-bond donors (Lipinski definition) is 1. The van der Waals surface area contributed by atoms with E-state index >= 15 is 0 Å². The maximum absolute atomic E-state index is 3.97. The molecule has 1 nitrogen and oxygen atoms in total. The van der Waals surface area contributed by atoms with Gasteiger partial charge in [0.25, 0.3) is 0 Å². The lowest BCUT2D eigenvalue weighted by molar-refractivity contribution is 0.406. The van der Waals surface area contributed by atoms with Crippen LogP contribution in [-0.4, -0.2) is 13.6 Å². The van der Waals surface area contributed by atoms with E-state index in [-0.39, 0.29) is 0 Å². The van der Waals surface area contributed by atoms with E-state index in [1.807, 2.05) is 7.05 Å². The van der Waals surface area contributed by atoms with Crippen LogP contribution in [0.5, 0.6) is 0 Å². The first kappa shape index (κ1) is 9.70. The van der Waals surface area contributed by atoms with Crippen LogP contribution in [-0.2, 0) is 0 Å². The van der Waals surface area contributed by atoms with E-state index in [0.717, 1.165) is 13.0 Å². The lowest BCUT2D eigenvalue weighted by Crippen LogP contribution is -2.14. The predicted octanol–water partition coefficient (Wildman–Crippen LogP) is 2.20. The minimum absolute atomic E-state index is 0.383. The summed E-state index contributed by atoms with van der Waals surface area (Å²) in [7, 11) is 1.95. The van der Waals surface area contributed by atoms with Gasteiger partial charge in [0.2, 0.25) is 0 Å². The lowest BCUT2D eigenvalue weighted by atomic mass is 9.88. The highest BCUT2D eigenvalue weighted by Gasteiger charge is 2.10. The van der Waals surface area contributed by atoms with Crippen LogP contribution < -0.4 is 5.32 Å². The van der Waals surface area contributed by atoms with Crippen molar-refractivity contribution in [1.29, 1.82) is 0 Å². The lowest BCUT2D eigenvalue weighted by Gasteiger charge is -2.19. The summed E-state index contributed by atoms with van der Waals surface area (Å²) in [6.45, 7) is 11.6. The van der Waals surface area contributed by atoms with Crippen LogP contribution in [0.25, 0.3) is 0 Å². The molecule has 10 heavy (non-hydrogen) atoms. The summed E-state index contributed by atoms with van der Waals surface area (Å²) in [5.74, 6) is 0. The van der Waals surface area contributed by atoms with Gasteiger partial charge in [-0.2, -0.15) is 0 Å². The van der Waals surface area contributed by atoms with Crippen molar-refractivity contribution in [2.75, 3.05) is 13.6 Å². The first-order chi connectivity index (χ1) is 4.45. The molecule has 60 valence electrons. The molecule has 0 aliphatic heterocycles. The van der Waals surface area contributed by atoms with E-state index < -0.39 is 0 Å². The van der Waals surface area contributed by atoms with Gasteiger partial charge in [0.05, 0.1) is 0 Å². The average Bonchev–Trinajstić information content (AvgIpc) is 1.59. The summed E-state index contributed by atoms with van der Waals surface area (Å²) in [6.07, 6.45) is 1.10. The van der Waals surface area contributed by atoms with Gasteiger partial charge < -0.3 is 5.32 Å². The van der Waals surface area contributed by atoms with E-state index in [1.54, 1.807) is 0 Å². The second kappa shape index (κ2) is 3.77. The Bertz CT molecular complexity index is 108. The summed E-state index contributed by atoms with van der Waals surface area (Å²) < 4.78 is 0. The molecule has 0 spiro atoms. The van der Waals surface area contributed by atoms with Gasteiger partial charge in [0, 0.05) is 6.54 Å². The van der Waals surface area contributed by atoms with E-state index in [9.17, 15) is 0 Å². The minimum Gasteiger partial charge on any atom is -0.316 e. The van der Waals surface area contributed by atoms with Crippen LogP contribution in [0, 0.1) is 5.41 Å². The Morgan fingerprint density at radius 1 is 1.40 bits per heavy atom. The smallest absolute Gasteiger partial charge is 0.0159 e. The zero-order valence-electron chi connectivity index (χ0n) is 7.62. The highest BCUT2D eigenvalue weighted by molar-refractivity contribution is 4.99. The van der Waals surface area contributed by atoms with Crippen LogP contribution in [0.4, 0.5) is 0 Å². The van der Waals surface area contributed by atoms with Crippen molar-refractivity contribution in [2.24, 2.45) is 5.41 Å². The van der Waals surface area contributed by atoms with Gasteiger partial charge in [-0.05, 0) is 18.9 Å². The summed E-state index contributed by atoms with van der Waals surface area (Å²) in [5.41, 5.74) is 1.67. The molecule has 0 aromatic rings. The Hall–Kier alpha value is -0.300. The largest absolute Gasteiger partial charge is 0.316 e. The van der Waals surface area contributed by atoms with Crippen molar-refractivity contribution < 1.29 is 0 Å². The maximum Gasteiger partial charge on any atom is 0.0159 e. The minimum atomic E-state index is 0.383. The van der Waals surface area contributed by atoms with Gasteiger partial charge in [-0.15, -0.1) is 0 Å². The second-order valence-electron chi connectivity index (χ2n) is 4.02. The van der Waals surface area contributed by atoms with Crippen molar-refractivity contribution in [2.45, 2.75) is 27.2 Å². The molecule has 0 heterocycles. The molecule has 0 atom stereocenters. The molecule has 0 saturated heterocycles. The van der Waals surface area contributed by atoms with Crippen LogP contribution in [0.2, 0.25) is 0 Å². The fraction of sp³-hybridized carbons (Fsp3) is 0.778. The number of rotatable bonds is 3. The Morgan fingerprint density at radius 2 is 1.90 bits per heavy atom. The molecule has 0 aliphatic carbocycles. The SMILES string of the molecule is C=C(CNC)CC(C)(C)C. The predicted molar refractivity (Wildman–Crippen MR) is 47.1 cm³/mol. The Kier molecular flexibility index (Phi) is 3.66. The molecule has 0 amide bonds. The fourth-order valence-electron chi connectivity index (χ4n) is 1.06. The van der Waals surface area contributed by atoms with Gasteiger partial charge in [0.1, 0.15) is 0 Å². The summed E-state index contributed by atoms with van der Waals surface area (Å²) in [4.78, 5) is 0. The third-order valence-electron chi connectivity index (χ3n) is 1.21. The third-order valence-corrected chi connectivity index (χ3v) is 1.21. The second-order valence-corrected chi connectivity index (χ2v) is 4.02. The van der Waals surface area contributed by atoms with Crippen molar-refractivity contribution >= 4 is 0 Å². The van der Waals surface area contributed by atoms with Crippen LogP contribution in [0.15, 0.2) is 12.2 Å². The number of likely N-dealkylation sites (N-methyl/N-ethyl adjacent to an activating group) is 1. The van der Waals surface area contributed by atoms with Gasteiger partial charge >= 0.3 is 0 Å². The van der Waals surface area contributed by atoms with E-state index in [2.05, 4.69) is 32.7 Å². The van der Waals surface area contributed by atoms with Crippen molar-refractivity contribution in [3.63, 3.8) is 0 Å². The molecule has 0 aliphatic rings. The maximum atomic E-state index is 3.97. The highest BCUT2D eigenvalue weighted by Crippen LogP contribution is 2.22. The van der Waals surface area contributed by atoms with Gasteiger partial charge in [-0.3, -0.25) is 0 Å². The summed E-state index contributed by atoms with van der Waals surface area (Å²) in [6, 6.07) is 0. The first-order valence-electron chi connectivity index (χ1n) is 3.77. The topological polar surface area (TPSA) is 12.0 Å². The molecule has 0 fully saturated rings. The van der Waals surface area contributed by atoms with Crippen LogP contribution >= 0.6 is 0 Å². The summed E-state index contributed by atoms with van der Waals surface area (Å²) in [5, 5.41) is 3.09. The third kappa shape index (κ3) is 5.83. The molecule has 0 rings (SSSR count). The standard InChI is InChI=1S/C9H19N/c1-8(7-10-5)6-9(2,3)4/h10H,1,6-7H2,2-5H3. The monoisotopic (exact) mass is 141 g/mol. The highest BCUT2D eigenvalue weighted by atomic mass is 14.8. The number of hydrogen-bond acceptors (Lipinski definition) is 1. The molecule has 0 radical (unpaired) electrons. The zero-order valence-corrected chi connectivity index (χ0v) is 7.62. The van der Waals surface area contributed by atoms with Gasteiger partial charge in [-0.1, -0.05) is 32.9 Å². The normalized spacial score (nSPS) is 11.6. The fourth-order valence-corrected chi connectivity index (χ4v) is 1.06. The van der Waals surface area contributed by atoms with Crippen molar-refractivity contribution in [1.82, 2.24) is 5.32 Å². The molecule has 0 saturated carbocycles. The van der Waals surface area contributed by atoms with Gasteiger partial charge in [-0.25, -0.2) is 0 Å². The molecular weight excluding hydrogens is 122 g/mol. The summed E-state index contributed by atoms with van der Waals surface area (Å²) >= 11 is 0. The Morgan fingerprint density at radius 3 is 2.20 bits per heavy atom.